The second kappa shape index (κ2) is 8.50. The zero-order valence-electron chi connectivity index (χ0n) is 17.5. The number of benzene rings is 2. The monoisotopic (exact) mass is 471 g/mol. The van der Waals surface area contributed by atoms with E-state index in [0.29, 0.717) is 40.0 Å². The van der Waals surface area contributed by atoms with Gasteiger partial charge in [0, 0.05) is 29.3 Å². The Kier molecular flexibility index (Phi) is 6.28. The zero-order valence-corrected chi connectivity index (χ0v) is 18.3. The number of hydrogen-bond donors (Lipinski definition) is 1. The Labute approximate surface area is 182 Å². The first kappa shape index (κ1) is 23.6. The average molecular weight is 471 g/mol. The van der Waals surface area contributed by atoms with Crippen LogP contribution in [0.1, 0.15) is 37.3 Å². The molecular weight excluding hydrogens is 450 g/mol. The third-order valence-electron chi connectivity index (χ3n) is 5.16. The van der Waals surface area contributed by atoms with Crippen molar-refractivity contribution in [1.29, 1.82) is 0 Å². The molecule has 172 valence electrons. The molecule has 0 saturated heterocycles. The minimum Gasteiger partial charge on any atom is -0.455 e. The van der Waals surface area contributed by atoms with E-state index < -0.39 is 27.2 Å². The maximum absolute atomic E-state index is 13.4. The van der Waals surface area contributed by atoms with Crippen LogP contribution in [-0.4, -0.2) is 21.0 Å². The minimum atomic E-state index is -5.88. The molecule has 1 heterocycles. The van der Waals surface area contributed by atoms with Crippen LogP contribution in [0.25, 0.3) is 28.0 Å². The molecule has 0 aliphatic rings. The Morgan fingerprint density at radius 3 is 2.38 bits per heavy atom. The second-order valence-corrected chi connectivity index (χ2v) is 8.76. The lowest BCUT2D eigenvalue weighted by Crippen LogP contribution is -2.28. The van der Waals surface area contributed by atoms with Crippen molar-refractivity contribution in [3.05, 3.63) is 59.9 Å². The van der Waals surface area contributed by atoms with E-state index in [-0.39, 0.29) is 11.5 Å². The highest BCUT2D eigenvalue weighted by molar-refractivity contribution is 7.88. The van der Waals surface area contributed by atoms with Crippen molar-refractivity contribution in [1.82, 2.24) is 5.32 Å². The van der Waals surface area contributed by atoms with Crippen LogP contribution < -0.4 is 9.50 Å². The summed E-state index contributed by atoms with van der Waals surface area (Å²) < 4.78 is 86.3. The van der Waals surface area contributed by atoms with E-state index in [1.165, 1.54) is 36.4 Å². The number of nitrogens with one attached hydrogen (secondary N) is 1. The predicted octanol–water partition coefficient (Wildman–Crippen LogP) is 6.17. The molecule has 0 radical (unpaired) electrons. The first-order valence-corrected chi connectivity index (χ1v) is 11.0. The SMILES string of the molecule is C=C(NC)c1c(-c2ccc(F)cc2)oc2cc(C(C)CC)c(OS(=O)(=O)C(F)(F)F)cc12. The summed E-state index contributed by atoms with van der Waals surface area (Å²) in [6.45, 7) is 7.43. The smallest absolute Gasteiger partial charge is 0.455 e. The lowest BCUT2D eigenvalue weighted by molar-refractivity contribution is -0.0500. The van der Waals surface area contributed by atoms with Crippen molar-refractivity contribution in [3.63, 3.8) is 0 Å². The fourth-order valence-corrected chi connectivity index (χ4v) is 3.69. The summed E-state index contributed by atoms with van der Waals surface area (Å²) in [5, 5.41) is 3.15. The number of furan rings is 1. The van der Waals surface area contributed by atoms with Gasteiger partial charge in [-0.2, -0.15) is 21.6 Å². The molecule has 10 heteroatoms. The lowest BCUT2D eigenvalue weighted by Gasteiger charge is -2.17. The third kappa shape index (κ3) is 4.32. The number of fused-ring (bicyclic) bond motifs is 1. The molecular formula is C22H21F4NO4S. The molecule has 0 bridgehead atoms. The topological polar surface area (TPSA) is 68.5 Å². The van der Waals surface area contributed by atoms with Crippen LogP contribution in [0.4, 0.5) is 17.6 Å². The Morgan fingerprint density at radius 2 is 1.84 bits per heavy atom. The summed E-state index contributed by atoms with van der Waals surface area (Å²) in [7, 11) is -4.29. The normalized spacial score (nSPS) is 13.2. The minimum absolute atomic E-state index is 0.244. The largest absolute Gasteiger partial charge is 0.534 e. The van der Waals surface area contributed by atoms with E-state index in [1.807, 2.05) is 0 Å². The van der Waals surface area contributed by atoms with Gasteiger partial charge in [-0.15, -0.1) is 0 Å². The molecule has 1 aromatic heterocycles. The highest BCUT2D eigenvalue weighted by atomic mass is 32.2. The molecule has 3 rings (SSSR count). The molecule has 3 aromatic rings. The molecule has 0 aliphatic heterocycles. The molecule has 0 spiro atoms. The van der Waals surface area contributed by atoms with E-state index in [0.717, 1.165) is 0 Å². The summed E-state index contributed by atoms with van der Waals surface area (Å²) in [5.74, 6) is -0.926. The van der Waals surface area contributed by atoms with Crippen molar-refractivity contribution in [3.8, 4) is 17.1 Å². The summed E-state index contributed by atoms with van der Waals surface area (Å²) in [6.07, 6.45) is 0.509. The molecule has 32 heavy (non-hydrogen) atoms. The molecule has 0 fully saturated rings. The third-order valence-corrected chi connectivity index (χ3v) is 6.12. The standard InChI is InChI=1S/C22H21F4NO4S/c1-5-12(2)16-10-18-17(11-19(16)31-32(28,29)22(24,25)26)20(13(3)27-4)21(30-18)14-6-8-15(23)9-7-14/h6-12,27H,3,5H2,1-2,4H3. The van der Waals surface area contributed by atoms with Gasteiger partial charge in [0.05, 0.1) is 5.56 Å². The van der Waals surface area contributed by atoms with Gasteiger partial charge in [0.2, 0.25) is 0 Å². The summed E-state index contributed by atoms with van der Waals surface area (Å²) in [5.41, 5.74) is -3.79. The Morgan fingerprint density at radius 1 is 1.22 bits per heavy atom. The molecule has 0 saturated carbocycles. The van der Waals surface area contributed by atoms with Crippen molar-refractivity contribution < 1.29 is 34.6 Å². The van der Waals surface area contributed by atoms with Crippen LogP contribution >= 0.6 is 0 Å². The van der Waals surface area contributed by atoms with Crippen LogP contribution in [0.3, 0.4) is 0 Å². The van der Waals surface area contributed by atoms with E-state index in [4.69, 9.17) is 4.42 Å². The fourth-order valence-electron chi connectivity index (χ4n) is 3.21. The predicted molar refractivity (Wildman–Crippen MR) is 114 cm³/mol. The van der Waals surface area contributed by atoms with Gasteiger partial charge in [0.15, 0.2) is 0 Å². The van der Waals surface area contributed by atoms with Crippen LogP contribution in [-0.2, 0) is 10.1 Å². The zero-order chi connectivity index (χ0) is 23.8. The van der Waals surface area contributed by atoms with Gasteiger partial charge in [-0.3, -0.25) is 0 Å². The highest BCUT2D eigenvalue weighted by Gasteiger charge is 2.49. The summed E-state index contributed by atoms with van der Waals surface area (Å²) in [6, 6.07) is 8.12. The van der Waals surface area contributed by atoms with Gasteiger partial charge in [-0.25, -0.2) is 4.39 Å². The van der Waals surface area contributed by atoms with Crippen LogP contribution in [0.5, 0.6) is 5.75 Å². The van der Waals surface area contributed by atoms with Crippen molar-refractivity contribution in [2.75, 3.05) is 7.05 Å². The Balaban J connectivity index is 2.32. The first-order valence-electron chi connectivity index (χ1n) is 9.63. The van der Waals surface area contributed by atoms with E-state index in [9.17, 15) is 26.0 Å². The van der Waals surface area contributed by atoms with Crippen molar-refractivity contribution in [2.45, 2.75) is 31.7 Å². The second-order valence-electron chi connectivity index (χ2n) is 7.22. The Hall–Kier alpha value is -3.01. The van der Waals surface area contributed by atoms with Crippen molar-refractivity contribution >= 4 is 26.8 Å². The van der Waals surface area contributed by atoms with Crippen LogP contribution in [0, 0.1) is 5.82 Å². The fraction of sp³-hybridized carbons (Fsp3) is 0.273. The van der Waals surface area contributed by atoms with E-state index in [2.05, 4.69) is 16.1 Å². The van der Waals surface area contributed by atoms with Crippen molar-refractivity contribution in [2.24, 2.45) is 0 Å². The molecule has 2 aromatic carbocycles. The van der Waals surface area contributed by atoms with Crippen LogP contribution in [0.15, 0.2) is 47.4 Å². The molecule has 0 amide bonds. The van der Waals surface area contributed by atoms with Gasteiger partial charge in [-0.05, 0) is 48.7 Å². The van der Waals surface area contributed by atoms with Gasteiger partial charge in [0.1, 0.15) is 22.9 Å². The van der Waals surface area contributed by atoms with E-state index >= 15 is 0 Å². The van der Waals surface area contributed by atoms with Gasteiger partial charge in [0.25, 0.3) is 0 Å². The average Bonchev–Trinajstić information content (AvgIpc) is 3.09. The molecule has 5 nitrogen and oxygen atoms in total. The lowest BCUT2D eigenvalue weighted by atomic mass is 9.95. The van der Waals surface area contributed by atoms with Crippen LogP contribution in [0.2, 0.25) is 0 Å². The summed E-state index contributed by atoms with van der Waals surface area (Å²) in [4.78, 5) is 0. The number of halogens is 4. The molecule has 1 atom stereocenters. The first-order chi connectivity index (χ1) is 14.9. The van der Waals surface area contributed by atoms with E-state index in [1.54, 1.807) is 20.9 Å². The quantitative estimate of drug-likeness (QED) is 0.254. The van der Waals surface area contributed by atoms with Gasteiger partial charge >= 0.3 is 15.6 Å². The molecule has 1 unspecified atom stereocenters. The number of rotatable bonds is 7. The number of hydrogen-bond acceptors (Lipinski definition) is 5. The summed E-state index contributed by atoms with van der Waals surface area (Å²) >= 11 is 0. The van der Waals surface area contributed by atoms with Gasteiger partial charge in [-0.1, -0.05) is 20.4 Å². The van der Waals surface area contributed by atoms with Gasteiger partial charge < -0.3 is 13.9 Å². The maximum atomic E-state index is 13.4. The maximum Gasteiger partial charge on any atom is 0.534 e. The Bertz CT molecular complexity index is 1260. The highest BCUT2D eigenvalue weighted by Crippen LogP contribution is 2.42. The molecule has 1 N–H and O–H groups in total. The molecule has 0 aliphatic carbocycles. The number of alkyl halides is 3.